The van der Waals surface area contributed by atoms with Crippen molar-refractivity contribution in [3.05, 3.63) is 35.7 Å². The first-order valence-corrected chi connectivity index (χ1v) is 13.6. The van der Waals surface area contributed by atoms with E-state index < -0.39 is 0 Å². The molecule has 0 saturated carbocycles. The van der Waals surface area contributed by atoms with Crippen LogP contribution < -0.4 is 10.2 Å². The number of rotatable bonds is 6. The van der Waals surface area contributed by atoms with Gasteiger partial charge in [-0.05, 0) is 76.1 Å². The van der Waals surface area contributed by atoms with Gasteiger partial charge in [0, 0.05) is 44.6 Å². The van der Waals surface area contributed by atoms with E-state index in [4.69, 9.17) is 14.7 Å². The molecule has 3 aromatic heterocycles. The van der Waals surface area contributed by atoms with E-state index in [1.165, 1.54) is 50.0 Å². The van der Waals surface area contributed by atoms with Crippen LogP contribution in [0, 0.1) is 0 Å². The molecule has 3 aromatic rings. The van der Waals surface area contributed by atoms with Gasteiger partial charge in [-0.25, -0.2) is 15.0 Å². The van der Waals surface area contributed by atoms with Crippen molar-refractivity contribution < 1.29 is 4.74 Å². The number of anilines is 3. The molecule has 34 heavy (non-hydrogen) atoms. The zero-order chi connectivity index (χ0) is 22.9. The highest BCUT2D eigenvalue weighted by Gasteiger charge is 2.24. The Morgan fingerprint density at radius 1 is 1.03 bits per heavy atom. The van der Waals surface area contributed by atoms with Crippen LogP contribution in [-0.2, 0) is 11.3 Å². The average Bonchev–Trinajstić information content (AvgIpc) is 3.61. The van der Waals surface area contributed by atoms with Gasteiger partial charge in [-0.1, -0.05) is 17.4 Å². The molecule has 3 saturated heterocycles. The van der Waals surface area contributed by atoms with Crippen LogP contribution in [0.3, 0.4) is 0 Å². The van der Waals surface area contributed by atoms with E-state index in [0.717, 1.165) is 66.1 Å². The molecule has 3 fully saturated rings. The molecular weight excluding hydrogens is 444 g/mol. The van der Waals surface area contributed by atoms with Crippen molar-refractivity contribution in [1.29, 1.82) is 0 Å². The van der Waals surface area contributed by atoms with Crippen LogP contribution in [-0.4, -0.2) is 58.7 Å². The second-order valence-corrected chi connectivity index (χ2v) is 11.0. The quantitative estimate of drug-likeness (QED) is 0.515. The van der Waals surface area contributed by atoms with E-state index >= 15 is 0 Å². The summed E-state index contributed by atoms with van der Waals surface area (Å²) in [6.45, 7) is 8.37. The Kier molecular flexibility index (Phi) is 6.37. The number of fused-ring (bicyclic) bond motifs is 1. The molecule has 0 amide bonds. The predicted octanol–water partition coefficient (Wildman–Crippen LogP) is 5.31. The van der Waals surface area contributed by atoms with E-state index in [2.05, 4.69) is 45.2 Å². The van der Waals surface area contributed by atoms with Gasteiger partial charge in [-0.3, -0.25) is 4.90 Å². The third-order valence-corrected chi connectivity index (χ3v) is 8.60. The lowest BCUT2D eigenvalue weighted by Crippen LogP contribution is -2.25. The Hall–Kier alpha value is -2.29. The number of nitrogens with one attached hydrogen (secondary N) is 1. The van der Waals surface area contributed by atoms with Crippen LogP contribution in [0.25, 0.3) is 10.2 Å². The molecule has 0 unspecified atom stereocenters. The zero-order valence-corrected chi connectivity index (χ0v) is 20.8. The number of likely N-dealkylation sites (tertiary alicyclic amines) is 1. The fourth-order valence-corrected chi connectivity index (χ4v) is 6.65. The lowest BCUT2D eigenvalue weighted by Gasteiger charge is -2.26. The SMILES string of the molecule is C[C@@H]1CCCN1c1nc2cc(Nc3ccc(C4CCOCC4)c(CN4CCCC4)n3)ncc2s1. The number of thiazole rings is 1. The van der Waals surface area contributed by atoms with Crippen LogP contribution in [0.4, 0.5) is 16.8 Å². The molecule has 6 heterocycles. The molecule has 7 nitrogen and oxygen atoms in total. The summed E-state index contributed by atoms with van der Waals surface area (Å²) in [6.07, 6.45) is 9.19. The molecule has 6 rings (SSSR count). The second kappa shape index (κ2) is 9.76. The van der Waals surface area contributed by atoms with E-state index in [1.54, 1.807) is 11.3 Å². The minimum absolute atomic E-state index is 0.545. The Morgan fingerprint density at radius 2 is 1.88 bits per heavy atom. The molecule has 1 N–H and O–H groups in total. The lowest BCUT2D eigenvalue weighted by atomic mass is 9.90. The fourth-order valence-electron chi connectivity index (χ4n) is 5.60. The molecule has 8 heteroatoms. The minimum atomic E-state index is 0.545. The van der Waals surface area contributed by atoms with Crippen molar-refractivity contribution in [3.8, 4) is 0 Å². The molecule has 0 aromatic carbocycles. The summed E-state index contributed by atoms with van der Waals surface area (Å²) in [5.41, 5.74) is 3.61. The highest BCUT2D eigenvalue weighted by Crippen LogP contribution is 2.34. The van der Waals surface area contributed by atoms with Crippen molar-refractivity contribution in [2.75, 3.05) is 43.1 Å². The molecule has 0 spiro atoms. The first-order valence-electron chi connectivity index (χ1n) is 12.8. The number of pyridine rings is 2. The average molecular weight is 479 g/mol. The third kappa shape index (κ3) is 4.63. The largest absolute Gasteiger partial charge is 0.381 e. The molecule has 3 aliphatic rings. The van der Waals surface area contributed by atoms with E-state index in [9.17, 15) is 0 Å². The third-order valence-electron chi connectivity index (χ3n) is 7.56. The Bertz CT molecular complexity index is 1140. The fraction of sp³-hybridized carbons (Fsp3) is 0.577. The molecule has 1 atom stereocenters. The van der Waals surface area contributed by atoms with E-state index in [-0.39, 0.29) is 0 Å². The van der Waals surface area contributed by atoms with Crippen molar-refractivity contribution in [1.82, 2.24) is 19.9 Å². The zero-order valence-electron chi connectivity index (χ0n) is 20.0. The Labute approximate surface area is 205 Å². The van der Waals surface area contributed by atoms with Gasteiger partial charge in [0.25, 0.3) is 0 Å². The van der Waals surface area contributed by atoms with Crippen molar-refractivity contribution in [3.63, 3.8) is 0 Å². The summed E-state index contributed by atoms with van der Waals surface area (Å²) in [5, 5.41) is 4.58. The minimum Gasteiger partial charge on any atom is -0.381 e. The maximum Gasteiger partial charge on any atom is 0.186 e. The standard InChI is InChI=1S/C26H34N6OS/c1-18-5-4-12-32(18)26-29-21-15-25(27-16-23(21)34-26)30-24-7-6-20(19-8-13-33-14-9-19)22(28-24)17-31-10-2-3-11-31/h6-7,15-16,18-19H,2-5,8-14,17H2,1H3,(H,27,28,30)/t18-/m1/s1. The number of aromatic nitrogens is 3. The molecule has 0 radical (unpaired) electrons. The van der Waals surface area contributed by atoms with Crippen LogP contribution in [0.2, 0.25) is 0 Å². The van der Waals surface area contributed by atoms with Gasteiger partial charge in [0.2, 0.25) is 0 Å². The van der Waals surface area contributed by atoms with Gasteiger partial charge < -0.3 is 15.0 Å². The molecule has 180 valence electrons. The molecular formula is C26H34N6OS. The van der Waals surface area contributed by atoms with Gasteiger partial charge in [-0.15, -0.1) is 0 Å². The van der Waals surface area contributed by atoms with Crippen molar-refractivity contribution in [2.24, 2.45) is 0 Å². The second-order valence-electron chi connectivity index (χ2n) is 9.95. The first kappa shape index (κ1) is 22.2. The van der Waals surface area contributed by atoms with Gasteiger partial charge in [0.05, 0.1) is 15.9 Å². The summed E-state index contributed by atoms with van der Waals surface area (Å²) in [5.74, 6) is 2.21. The predicted molar refractivity (Wildman–Crippen MR) is 138 cm³/mol. The maximum absolute atomic E-state index is 5.61. The summed E-state index contributed by atoms with van der Waals surface area (Å²) >= 11 is 1.74. The van der Waals surface area contributed by atoms with Gasteiger partial charge in [0.15, 0.2) is 5.13 Å². The maximum atomic E-state index is 5.61. The Morgan fingerprint density at radius 3 is 2.68 bits per heavy atom. The number of ether oxygens (including phenoxy) is 1. The van der Waals surface area contributed by atoms with Gasteiger partial charge in [0.1, 0.15) is 11.6 Å². The normalized spacial score (nSPS) is 22.1. The molecule has 3 aliphatic heterocycles. The smallest absolute Gasteiger partial charge is 0.186 e. The lowest BCUT2D eigenvalue weighted by molar-refractivity contribution is 0.0849. The Balaban J connectivity index is 1.25. The topological polar surface area (TPSA) is 66.4 Å². The number of hydrogen-bond donors (Lipinski definition) is 1. The summed E-state index contributed by atoms with van der Waals surface area (Å²) in [4.78, 5) is 19.7. The number of hydrogen-bond acceptors (Lipinski definition) is 8. The van der Waals surface area contributed by atoms with E-state index in [0.29, 0.717) is 12.0 Å². The highest BCUT2D eigenvalue weighted by atomic mass is 32.1. The first-order chi connectivity index (χ1) is 16.7. The van der Waals surface area contributed by atoms with Crippen LogP contribution >= 0.6 is 11.3 Å². The number of nitrogens with zero attached hydrogens (tertiary/aromatic N) is 5. The van der Waals surface area contributed by atoms with E-state index in [1.807, 2.05) is 6.20 Å². The van der Waals surface area contributed by atoms with Crippen LogP contribution in [0.1, 0.15) is 62.6 Å². The summed E-state index contributed by atoms with van der Waals surface area (Å²) < 4.78 is 6.75. The summed E-state index contributed by atoms with van der Waals surface area (Å²) in [7, 11) is 0. The highest BCUT2D eigenvalue weighted by molar-refractivity contribution is 7.22. The monoisotopic (exact) mass is 478 g/mol. The van der Waals surface area contributed by atoms with Crippen molar-refractivity contribution >= 4 is 38.3 Å². The molecule has 0 bridgehead atoms. The summed E-state index contributed by atoms with van der Waals surface area (Å²) in [6, 6.07) is 7.02. The van der Waals surface area contributed by atoms with Gasteiger partial charge in [-0.2, -0.15) is 0 Å². The van der Waals surface area contributed by atoms with Crippen LogP contribution in [0.5, 0.6) is 0 Å². The van der Waals surface area contributed by atoms with Crippen LogP contribution in [0.15, 0.2) is 24.4 Å². The van der Waals surface area contributed by atoms with Gasteiger partial charge >= 0.3 is 0 Å². The van der Waals surface area contributed by atoms with Crippen molar-refractivity contribution in [2.45, 2.75) is 64.0 Å². The molecule has 0 aliphatic carbocycles.